The number of Topliss-reactive ketones (excluding diaryl/α,β-unsaturated/α-hetero) is 1. The largest absolute Gasteiger partial charge is 0.456 e. The molecule has 0 bridgehead atoms. The van der Waals surface area contributed by atoms with Crippen molar-refractivity contribution in [2.75, 3.05) is 0 Å². The second-order valence-corrected chi connectivity index (χ2v) is 6.41. The summed E-state index contributed by atoms with van der Waals surface area (Å²) in [5, 5.41) is 0. The fraction of sp³-hybridized carbons (Fsp3) is 0.300. The van der Waals surface area contributed by atoms with Crippen LogP contribution in [-0.4, -0.2) is 11.8 Å². The number of fused-ring (bicyclic) bond motifs is 1. The molecule has 0 saturated heterocycles. The Kier molecular flexibility index (Phi) is 4.38. The fourth-order valence-electron chi connectivity index (χ4n) is 3.55. The van der Waals surface area contributed by atoms with Crippen LogP contribution in [0.15, 0.2) is 36.4 Å². The normalized spacial score (nSPS) is 19.4. The smallest absolute Gasteiger partial charge is 0.416 e. The maximum absolute atomic E-state index is 13.1. The van der Waals surface area contributed by atoms with Gasteiger partial charge in [0.25, 0.3) is 0 Å². The Bertz CT molecular complexity index is 900. The maximum atomic E-state index is 13.1. The summed E-state index contributed by atoms with van der Waals surface area (Å²) in [7, 11) is 0. The zero-order valence-corrected chi connectivity index (χ0v) is 14.5. The zero-order chi connectivity index (χ0) is 19.2. The molecule has 0 fully saturated rings. The molecule has 2 aromatic rings. The summed E-state index contributed by atoms with van der Waals surface area (Å²) in [4.78, 5) is 24.5. The van der Waals surface area contributed by atoms with E-state index in [1.165, 1.54) is 19.9 Å². The lowest BCUT2D eigenvalue weighted by Crippen LogP contribution is -2.19. The van der Waals surface area contributed by atoms with Crippen LogP contribution in [0.1, 0.15) is 57.1 Å². The molecule has 1 aliphatic rings. The summed E-state index contributed by atoms with van der Waals surface area (Å²) in [6.07, 6.45) is -5.31. The average Bonchev–Trinajstić information content (AvgIpc) is 2.81. The third-order valence-corrected chi connectivity index (χ3v) is 4.88. The molecular weight excluding hydrogens is 345 g/mol. The third kappa shape index (κ3) is 2.89. The van der Waals surface area contributed by atoms with Gasteiger partial charge < -0.3 is 4.74 Å². The number of carbonyl (C=O) groups excluding carboxylic acids is 2. The van der Waals surface area contributed by atoms with Crippen LogP contribution in [0.2, 0.25) is 0 Å². The summed E-state index contributed by atoms with van der Waals surface area (Å²) < 4.78 is 44.8. The first-order valence-electron chi connectivity index (χ1n) is 8.10. The van der Waals surface area contributed by atoms with E-state index in [4.69, 9.17) is 4.74 Å². The average molecular weight is 362 g/mol. The van der Waals surface area contributed by atoms with Gasteiger partial charge in [-0.2, -0.15) is 13.2 Å². The summed E-state index contributed by atoms with van der Waals surface area (Å²) in [6, 6.07) is 9.08. The molecular formula is C20H17F3O3. The fourth-order valence-corrected chi connectivity index (χ4v) is 3.55. The van der Waals surface area contributed by atoms with Crippen molar-refractivity contribution < 1.29 is 27.5 Å². The Hall–Kier alpha value is -2.63. The predicted molar refractivity (Wildman–Crippen MR) is 88.9 cm³/mol. The topological polar surface area (TPSA) is 43.4 Å². The Morgan fingerprint density at radius 1 is 1.00 bits per heavy atom. The number of benzene rings is 2. The highest BCUT2D eigenvalue weighted by molar-refractivity contribution is 6.06. The highest BCUT2D eigenvalue weighted by Crippen LogP contribution is 2.47. The van der Waals surface area contributed by atoms with Gasteiger partial charge in [-0.3, -0.25) is 9.59 Å². The Balaban J connectivity index is 2.15. The molecule has 0 aliphatic heterocycles. The first kappa shape index (κ1) is 18.2. The lowest BCUT2D eigenvalue weighted by molar-refractivity contribution is -0.147. The molecule has 1 aliphatic carbocycles. The number of ether oxygens (including phenoxy) is 1. The molecule has 2 atom stereocenters. The number of halogens is 3. The van der Waals surface area contributed by atoms with Crippen molar-refractivity contribution in [1.29, 1.82) is 0 Å². The number of hydrogen-bond donors (Lipinski definition) is 0. The first-order chi connectivity index (χ1) is 12.1. The number of carbonyl (C=O) groups is 2. The number of hydrogen-bond acceptors (Lipinski definition) is 3. The Morgan fingerprint density at radius 2 is 1.65 bits per heavy atom. The molecule has 136 valence electrons. The van der Waals surface area contributed by atoms with Crippen LogP contribution in [0, 0.1) is 13.8 Å². The van der Waals surface area contributed by atoms with Crippen LogP contribution in [0.4, 0.5) is 13.2 Å². The SMILES string of the molecule is CC(=O)OC1c2ccccc2C(=O)C1c1ccc(C(F)(F)F)c(C)c1C. The molecule has 0 spiro atoms. The second-order valence-electron chi connectivity index (χ2n) is 6.41. The monoisotopic (exact) mass is 362 g/mol. The molecule has 2 unspecified atom stereocenters. The molecule has 0 amide bonds. The Labute approximate surface area is 148 Å². The van der Waals surface area contributed by atoms with Gasteiger partial charge in [-0.25, -0.2) is 0 Å². The quantitative estimate of drug-likeness (QED) is 0.713. The standard InChI is InChI=1S/C20H17F3O3/c1-10-11(2)16(20(21,22)23)9-8-13(10)17-18(25)14-6-4-5-7-15(14)19(17)26-12(3)24/h4-9,17,19H,1-3H3. The van der Waals surface area contributed by atoms with Gasteiger partial charge in [-0.05, 0) is 36.6 Å². The Morgan fingerprint density at radius 3 is 2.27 bits per heavy atom. The molecule has 26 heavy (non-hydrogen) atoms. The van der Waals surface area contributed by atoms with E-state index in [0.717, 1.165) is 6.07 Å². The lowest BCUT2D eigenvalue weighted by atomic mass is 9.86. The van der Waals surface area contributed by atoms with Crippen LogP contribution in [-0.2, 0) is 15.7 Å². The van der Waals surface area contributed by atoms with Gasteiger partial charge in [0.15, 0.2) is 5.78 Å². The van der Waals surface area contributed by atoms with E-state index in [1.807, 2.05) is 0 Å². The van der Waals surface area contributed by atoms with Crippen LogP contribution in [0.25, 0.3) is 0 Å². The van der Waals surface area contributed by atoms with E-state index in [2.05, 4.69) is 0 Å². The lowest BCUT2D eigenvalue weighted by Gasteiger charge is -2.23. The molecule has 3 nitrogen and oxygen atoms in total. The third-order valence-electron chi connectivity index (χ3n) is 4.88. The highest BCUT2D eigenvalue weighted by Gasteiger charge is 2.44. The summed E-state index contributed by atoms with van der Waals surface area (Å²) in [5.41, 5.74) is 1.17. The summed E-state index contributed by atoms with van der Waals surface area (Å²) in [6.45, 7) is 4.18. The van der Waals surface area contributed by atoms with E-state index >= 15 is 0 Å². The minimum atomic E-state index is -4.47. The van der Waals surface area contributed by atoms with E-state index in [0.29, 0.717) is 22.3 Å². The molecule has 0 N–H and O–H groups in total. The number of ketones is 1. The molecule has 3 rings (SSSR count). The van der Waals surface area contributed by atoms with Crippen molar-refractivity contribution in [2.45, 2.75) is 39.0 Å². The van der Waals surface area contributed by atoms with Crippen molar-refractivity contribution in [3.63, 3.8) is 0 Å². The van der Waals surface area contributed by atoms with Crippen LogP contribution >= 0.6 is 0 Å². The van der Waals surface area contributed by atoms with Crippen molar-refractivity contribution in [1.82, 2.24) is 0 Å². The second kappa shape index (κ2) is 6.27. The van der Waals surface area contributed by atoms with Crippen molar-refractivity contribution in [2.24, 2.45) is 0 Å². The van der Waals surface area contributed by atoms with E-state index in [1.54, 1.807) is 31.2 Å². The van der Waals surface area contributed by atoms with Gasteiger partial charge in [0.1, 0.15) is 6.10 Å². The molecule has 6 heteroatoms. The van der Waals surface area contributed by atoms with Crippen LogP contribution < -0.4 is 0 Å². The van der Waals surface area contributed by atoms with Gasteiger partial charge in [0, 0.05) is 18.1 Å². The predicted octanol–water partition coefficient (Wildman–Crippen LogP) is 4.91. The van der Waals surface area contributed by atoms with Gasteiger partial charge >= 0.3 is 12.1 Å². The number of alkyl halides is 3. The maximum Gasteiger partial charge on any atom is 0.416 e. The van der Waals surface area contributed by atoms with Crippen molar-refractivity contribution in [3.05, 3.63) is 69.8 Å². The minimum absolute atomic E-state index is 0.0698. The van der Waals surface area contributed by atoms with Gasteiger partial charge in [0.05, 0.1) is 11.5 Å². The molecule has 2 aromatic carbocycles. The van der Waals surface area contributed by atoms with Crippen LogP contribution in [0.5, 0.6) is 0 Å². The number of esters is 1. The van der Waals surface area contributed by atoms with Crippen molar-refractivity contribution in [3.8, 4) is 0 Å². The van der Waals surface area contributed by atoms with Crippen molar-refractivity contribution >= 4 is 11.8 Å². The zero-order valence-electron chi connectivity index (χ0n) is 14.5. The molecule has 0 aromatic heterocycles. The number of rotatable bonds is 2. The van der Waals surface area contributed by atoms with E-state index < -0.39 is 29.7 Å². The minimum Gasteiger partial charge on any atom is -0.456 e. The van der Waals surface area contributed by atoms with Gasteiger partial charge in [-0.15, -0.1) is 0 Å². The molecule has 0 saturated carbocycles. The summed E-state index contributed by atoms with van der Waals surface area (Å²) in [5.74, 6) is -1.66. The van der Waals surface area contributed by atoms with Crippen LogP contribution in [0.3, 0.4) is 0 Å². The molecule has 0 heterocycles. The summed E-state index contributed by atoms with van der Waals surface area (Å²) >= 11 is 0. The van der Waals surface area contributed by atoms with E-state index in [9.17, 15) is 22.8 Å². The highest BCUT2D eigenvalue weighted by atomic mass is 19.4. The first-order valence-corrected chi connectivity index (χ1v) is 8.10. The van der Waals surface area contributed by atoms with Gasteiger partial charge in [0.2, 0.25) is 0 Å². The van der Waals surface area contributed by atoms with Gasteiger partial charge in [-0.1, -0.05) is 30.3 Å². The van der Waals surface area contributed by atoms with E-state index in [-0.39, 0.29) is 11.3 Å². The molecule has 0 radical (unpaired) electrons.